The summed E-state index contributed by atoms with van der Waals surface area (Å²) in [5.41, 5.74) is 4.72. The molecule has 2 nitrogen and oxygen atoms in total. The number of halogens is 1. The summed E-state index contributed by atoms with van der Waals surface area (Å²) in [7, 11) is 0. The highest BCUT2D eigenvalue weighted by Gasteiger charge is 2.15. The van der Waals surface area contributed by atoms with Crippen molar-refractivity contribution in [3.8, 4) is 28.1 Å². The minimum absolute atomic E-state index is 0.209. The molecule has 112 valence electrons. The number of aromatic amines is 1. The molecule has 0 unspecified atom stereocenters. The molecule has 0 spiro atoms. The van der Waals surface area contributed by atoms with Crippen LogP contribution in [0.3, 0.4) is 0 Å². The van der Waals surface area contributed by atoms with Crippen molar-refractivity contribution in [2.24, 2.45) is 0 Å². The average molecular weight is 303 g/mol. The van der Waals surface area contributed by atoms with E-state index in [4.69, 9.17) is 0 Å². The highest BCUT2D eigenvalue weighted by atomic mass is 19.1. The zero-order valence-electron chi connectivity index (χ0n) is 12.3. The normalized spacial score (nSPS) is 11.0. The molecule has 2 N–H and O–H groups in total. The molecule has 0 aliphatic carbocycles. The lowest BCUT2D eigenvalue weighted by Crippen LogP contribution is -1.82. The Labute approximate surface area is 132 Å². The molecule has 0 aliphatic rings. The van der Waals surface area contributed by atoms with Gasteiger partial charge in [-0.15, -0.1) is 0 Å². The molecule has 0 saturated carbocycles. The fourth-order valence-electron chi connectivity index (χ4n) is 2.91. The summed E-state index contributed by atoms with van der Waals surface area (Å²) in [6.45, 7) is 0. The van der Waals surface area contributed by atoms with Crippen molar-refractivity contribution in [1.29, 1.82) is 0 Å². The zero-order valence-corrected chi connectivity index (χ0v) is 12.3. The largest absolute Gasteiger partial charge is 0.508 e. The quantitative estimate of drug-likeness (QED) is 0.514. The molecule has 0 bridgehead atoms. The minimum atomic E-state index is -0.267. The van der Waals surface area contributed by atoms with Crippen LogP contribution in [-0.4, -0.2) is 10.1 Å². The fourth-order valence-corrected chi connectivity index (χ4v) is 2.91. The molecule has 4 aromatic rings. The predicted molar refractivity (Wildman–Crippen MR) is 90.8 cm³/mol. The smallest absolute Gasteiger partial charge is 0.123 e. The number of phenols is 1. The summed E-state index contributed by atoms with van der Waals surface area (Å²) < 4.78 is 13.8. The van der Waals surface area contributed by atoms with Gasteiger partial charge >= 0.3 is 0 Å². The van der Waals surface area contributed by atoms with Crippen LogP contribution < -0.4 is 0 Å². The van der Waals surface area contributed by atoms with Gasteiger partial charge in [0, 0.05) is 16.5 Å². The molecule has 0 amide bonds. The van der Waals surface area contributed by atoms with Gasteiger partial charge in [-0.2, -0.15) is 0 Å². The van der Waals surface area contributed by atoms with Crippen LogP contribution in [0.5, 0.6) is 5.75 Å². The average Bonchev–Trinajstić information content (AvgIpc) is 2.95. The van der Waals surface area contributed by atoms with Crippen molar-refractivity contribution in [3.05, 3.63) is 78.6 Å². The lowest BCUT2D eigenvalue weighted by Gasteiger charge is -2.06. The van der Waals surface area contributed by atoms with Crippen molar-refractivity contribution < 1.29 is 9.50 Å². The second kappa shape index (κ2) is 5.29. The summed E-state index contributed by atoms with van der Waals surface area (Å²) in [5.74, 6) is -0.0582. The maximum absolute atomic E-state index is 13.8. The van der Waals surface area contributed by atoms with Crippen LogP contribution in [0.4, 0.5) is 4.39 Å². The Balaban J connectivity index is 2.06. The highest BCUT2D eigenvalue weighted by Crippen LogP contribution is 2.38. The van der Waals surface area contributed by atoms with Crippen LogP contribution >= 0.6 is 0 Å². The summed E-state index contributed by atoms with van der Waals surface area (Å²) in [4.78, 5) is 3.39. The molecule has 3 aromatic carbocycles. The van der Waals surface area contributed by atoms with Crippen molar-refractivity contribution in [1.82, 2.24) is 4.98 Å². The summed E-state index contributed by atoms with van der Waals surface area (Å²) in [5, 5.41) is 10.4. The minimum Gasteiger partial charge on any atom is -0.508 e. The SMILES string of the molecule is Oc1ccc(-c2c(-c3ccccc3)[nH]c3ccc(F)cc23)cc1. The first kappa shape index (κ1) is 13.6. The van der Waals surface area contributed by atoms with Gasteiger partial charge in [0.2, 0.25) is 0 Å². The Kier molecular flexibility index (Phi) is 3.12. The van der Waals surface area contributed by atoms with E-state index in [2.05, 4.69) is 4.98 Å². The van der Waals surface area contributed by atoms with Gasteiger partial charge in [0.1, 0.15) is 11.6 Å². The van der Waals surface area contributed by atoms with E-state index in [0.29, 0.717) is 0 Å². The second-order valence-corrected chi connectivity index (χ2v) is 5.48. The van der Waals surface area contributed by atoms with E-state index in [-0.39, 0.29) is 11.6 Å². The summed E-state index contributed by atoms with van der Waals surface area (Å²) in [6.07, 6.45) is 0. The first-order chi connectivity index (χ1) is 11.2. The molecule has 0 fully saturated rings. The van der Waals surface area contributed by atoms with Gasteiger partial charge in [-0.1, -0.05) is 42.5 Å². The molecule has 3 heteroatoms. The van der Waals surface area contributed by atoms with Crippen LogP contribution in [0.1, 0.15) is 0 Å². The van der Waals surface area contributed by atoms with Gasteiger partial charge in [0.25, 0.3) is 0 Å². The number of H-pyrrole nitrogens is 1. The lowest BCUT2D eigenvalue weighted by molar-refractivity contribution is 0.475. The molecule has 0 aliphatic heterocycles. The molecule has 23 heavy (non-hydrogen) atoms. The molecule has 1 aromatic heterocycles. The number of nitrogens with one attached hydrogen (secondary N) is 1. The van der Waals surface area contributed by atoms with E-state index in [1.54, 1.807) is 24.3 Å². The second-order valence-electron chi connectivity index (χ2n) is 5.48. The van der Waals surface area contributed by atoms with Gasteiger partial charge in [-0.25, -0.2) is 4.39 Å². The topological polar surface area (TPSA) is 36.0 Å². The third kappa shape index (κ3) is 2.36. The summed E-state index contributed by atoms with van der Waals surface area (Å²) in [6, 6.07) is 21.7. The molecule has 0 atom stereocenters. The monoisotopic (exact) mass is 303 g/mol. The molecule has 0 radical (unpaired) electrons. The van der Waals surface area contributed by atoms with Crippen LogP contribution in [0.25, 0.3) is 33.3 Å². The van der Waals surface area contributed by atoms with Gasteiger partial charge in [-0.05, 0) is 41.5 Å². The maximum Gasteiger partial charge on any atom is 0.123 e. The molecular formula is C20H14FNO. The van der Waals surface area contributed by atoms with Crippen LogP contribution in [0.2, 0.25) is 0 Å². The maximum atomic E-state index is 13.8. The van der Waals surface area contributed by atoms with Crippen LogP contribution in [-0.2, 0) is 0 Å². The highest BCUT2D eigenvalue weighted by molar-refractivity contribution is 6.03. The number of hydrogen-bond donors (Lipinski definition) is 2. The van der Waals surface area contributed by atoms with Crippen molar-refractivity contribution in [3.63, 3.8) is 0 Å². The Morgan fingerprint density at radius 1 is 0.783 bits per heavy atom. The summed E-state index contributed by atoms with van der Waals surface area (Å²) >= 11 is 0. The van der Waals surface area contributed by atoms with Gasteiger partial charge in [0.05, 0.1) is 5.69 Å². The Morgan fingerprint density at radius 3 is 2.26 bits per heavy atom. The predicted octanol–water partition coefficient (Wildman–Crippen LogP) is 5.35. The number of fused-ring (bicyclic) bond motifs is 1. The van der Waals surface area contributed by atoms with Gasteiger partial charge in [-0.3, -0.25) is 0 Å². The Morgan fingerprint density at radius 2 is 1.52 bits per heavy atom. The van der Waals surface area contributed by atoms with Crippen molar-refractivity contribution in [2.75, 3.05) is 0 Å². The number of aromatic nitrogens is 1. The number of hydrogen-bond acceptors (Lipinski definition) is 1. The van der Waals surface area contributed by atoms with E-state index in [9.17, 15) is 9.50 Å². The third-order valence-corrected chi connectivity index (χ3v) is 3.98. The first-order valence-corrected chi connectivity index (χ1v) is 7.38. The van der Waals surface area contributed by atoms with E-state index < -0.39 is 0 Å². The van der Waals surface area contributed by atoms with E-state index in [0.717, 1.165) is 33.3 Å². The van der Waals surface area contributed by atoms with E-state index in [1.807, 2.05) is 42.5 Å². The third-order valence-electron chi connectivity index (χ3n) is 3.98. The van der Waals surface area contributed by atoms with Gasteiger partial charge < -0.3 is 10.1 Å². The lowest BCUT2D eigenvalue weighted by atomic mass is 9.98. The first-order valence-electron chi connectivity index (χ1n) is 7.38. The van der Waals surface area contributed by atoms with E-state index >= 15 is 0 Å². The van der Waals surface area contributed by atoms with Crippen LogP contribution in [0, 0.1) is 5.82 Å². The standard InChI is InChI=1S/C20H14FNO/c21-15-8-11-18-17(12-15)19(13-6-9-16(23)10-7-13)20(22-18)14-4-2-1-3-5-14/h1-12,22-23H. The van der Waals surface area contributed by atoms with Gasteiger partial charge in [0.15, 0.2) is 0 Å². The molecule has 4 rings (SSSR count). The van der Waals surface area contributed by atoms with E-state index in [1.165, 1.54) is 6.07 Å². The Hall–Kier alpha value is -3.07. The van der Waals surface area contributed by atoms with Crippen LogP contribution in [0.15, 0.2) is 72.8 Å². The number of benzene rings is 3. The fraction of sp³-hybridized carbons (Fsp3) is 0. The molecule has 0 saturated heterocycles. The molecule has 1 heterocycles. The number of phenolic OH excluding ortho intramolecular Hbond substituents is 1. The van der Waals surface area contributed by atoms with Crippen molar-refractivity contribution >= 4 is 10.9 Å². The molecular weight excluding hydrogens is 289 g/mol. The number of rotatable bonds is 2. The number of aromatic hydroxyl groups is 1. The Bertz CT molecular complexity index is 972. The zero-order chi connectivity index (χ0) is 15.8. The van der Waals surface area contributed by atoms with Crippen molar-refractivity contribution in [2.45, 2.75) is 0 Å².